The zero-order valence-corrected chi connectivity index (χ0v) is 17.2. The van der Waals surface area contributed by atoms with Crippen LogP contribution in [0.1, 0.15) is 18.4 Å². The van der Waals surface area contributed by atoms with Gasteiger partial charge in [-0.3, -0.25) is 24.5 Å². The Morgan fingerprint density at radius 1 is 1.29 bits per heavy atom. The van der Waals surface area contributed by atoms with Crippen LogP contribution < -0.4 is 15.0 Å². The average Bonchev–Trinajstić information content (AvgIpc) is 3.45. The van der Waals surface area contributed by atoms with E-state index in [0.29, 0.717) is 29.6 Å². The third kappa shape index (κ3) is 4.31. The molecular weight excluding hydrogens is 422 g/mol. The van der Waals surface area contributed by atoms with Gasteiger partial charge in [0.25, 0.3) is 5.91 Å². The summed E-state index contributed by atoms with van der Waals surface area (Å²) >= 11 is 5.32. The van der Waals surface area contributed by atoms with Crippen molar-refractivity contribution in [2.75, 3.05) is 11.5 Å². The van der Waals surface area contributed by atoms with E-state index < -0.39 is 4.92 Å². The summed E-state index contributed by atoms with van der Waals surface area (Å²) < 4.78 is 12.5. The largest absolute Gasteiger partial charge is 0.494 e. The molecule has 158 valence electrons. The Balaban J connectivity index is 1.48. The molecule has 1 fully saturated rings. The number of rotatable bonds is 7. The Bertz CT molecular complexity index is 1180. The number of carbonyl (C=O) groups excluding carboxylic acids is 1. The van der Waals surface area contributed by atoms with E-state index in [9.17, 15) is 14.9 Å². The number of aromatic nitrogens is 2. The molecule has 0 saturated carbocycles. The number of anilines is 1. The first kappa shape index (κ1) is 20.3. The van der Waals surface area contributed by atoms with Crippen LogP contribution in [0.15, 0.2) is 58.9 Å². The van der Waals surface area contributed by atoms with Gasteiger partial charge in [0.2, 0.25) is 0 Å². The molecule has 4 rings (SSSR count). The molecule has 31 heavy (non-hydrogen) atoms. The first-order valence-electron chi connectivity index (χ1n) is 9.30. The Kier molecular flexibility index (Phi) is 5.50. The van der Waals surface area contributed by atoms with Gasteiger partial charge in [-0.1, -0.05) is 0 Å². The van der Waals surface area contributed by atoms with Crippen LogP contribution in [0.5, 0.6) is 5.75 Å². The Morgan fingerprint density at radius 2 is 2.06 bits per heavy atom. The summed E-state index contributed by atoms with van der Waals surface area (Å²) in [6.07, 6.45) is 4.04. The molecule has 1 aliphatic heterocycles. The highest BCUT2D eigenvalue weighted by Crippen LogP contribution is 2.25. The molecule has 3 aromatic rings. The summed E-state index contributed by atoms with van der Waals surface area (Å²) in [5, 5.41) is 17.8. The molecule has 3 heterocycles. The lowest BCUT2D eigenvalue weighted by molar-refractivity contribution is -0.385. The number of furan rings is 1. The lowest BCUT2D eigenvalue weighted by Gasteiger charge is -2.14. The molecule has 0 aliphatic carbocycles. The second-order valence-corrected chi connectivity index (χ2v) is 6.90. The molecule has 1 aliphatic rings. The van der Waals surface area contributed by atoms with Gasteiger partial charge in [0.15, 0.2) is 5.11 Å². The standard InChI is InChI=1S/C20H17N5O5S/c1-2-29-15-5-3-13(4-6-15)24-19(26)18(22-20(24)31)9-16-7-8-17(30-16)12-23-11-14(10-21-23)25(27)28/h3-11H,2,12H2,1H3,(H,22,31)/b18-9+. The summed E-state index contributed by atoms with van der Waals surface area (Å²) in [6, 6.07) is 10.5. The van der Waals surface area contributed by atoms with E-state index in [1.165, 1.54) is 22.0 Å². The minimum absolute atomic E-state index is 0.0995. The fraction of sp³-hybridized carbons (Fsp3) is 0.150. The monoisotopic (exact) mass is 439 g/mol. The average molecular weight is 439 g/mol. The van der Waals surface area contributed by atoms with Crippen LogP contribution in [0.4, 0.5) is 11.4 Å². The molecule has 1 N–H and O–H groups in total. The van der Waals surface area contributed by atoms with E-state index in [1.54, 1.807) is 42.5 Å². The second-order valence-electron chi connectivity index (χ2n) is 6.51. The van der Waals surface area contributed by atoms with Gasteiger partial charge in [-0.05, 0) is 55.5 Å². The first-order chi connectivity index (χ1) is 14.9. The van der Waals surface area contributed by atoms with E-state index in [-0.39, 0.29) is 28.9 Å². The van der Waals surface area contributed by atoms with Crippen molar-refractivity contribution in [1.82, 2.24) is 15.1 Å². The topological polar surface area (TPSA) is 116 Å². The van der Waals surface area contributed by atoms with Crippen LogP contribution in [0.2, 0.25) is 0 Å². The minimum Gasteiger partial charge on any atom is -0.494 e. The van der Waals surface area contributed by atoms with Crippen molar-refractivity contribution >= 4 is 40.7 Å². The number of ether oxygens (including phenoxy) is 1. The van der Waals surface area contributed by atoms with Gasteiger partial charge in [-0.25, -0.2) is 0 Å². The van der Waals surface area contributed by atoms with Gasteiger partial charge in [-0.15, -0.1) is 0 Å². The Morgan fingerprint density at radius 3 is 2.74 bits per heavy atom. The van der Waals surface area contributed by atoms with Crippen molar-refractivity contribution < 1.29 is 18.9 Å². The van der Waals surface area contributed by atoms with Crippen molar-refractivity contribution in [2.24, 2.45) is 0 Å². The first-order valence-corrected chi connectivity index (χ1v) is 9.71. The third-order valence-electron chi connectivity index (χ3n) is 4.40. The summed E-state index contributed by atoms with van der Waals surface area (Å²) in [7, 11) is 0. The quantitative estimate of drug-likeness (QED) is 0.258. The predicted molar refractivity (Wildman–Crippen MR) is 115 cm³/mol. The summed E-state index contributed by atoms with van der Waals surface area (Å²) in [5.74, 6) is 1.36. The lowest BCUT2D eigenvalue weighted by Crippen LogP contribution is -2.30. The van der Waals surface area contributed by atoms with E-state index >= 15 is 0 Å². The van der Waals surface area contributed by atoms with Crippen molar-refractivity contribution in [3.05, 3.63) is 76.1 Å². The van der Waals surface area contributed by atoms with Gasteiger partial charge in [0.1, 0.15) is 35.4 Å². The van der Waals surface area contributed by atoms with E-state index in [2.05, 4.69) is 10.4 Å². The number of amides is 1. The lowest BCUT2D eigenvalue weighted by atomic mass is 10.2. The highest BCUT2D eigenvalue weighted by Gasteiger charge is 2.32. The second kappa shape index (κ2) is 8.40. The van der Waals surface area contributed by atoms with Crippen LogP contribution in [0.25, 0.3) is 6.08 Å². The normalized spacial score (nSPS) is 14.9. The van der Waals surface area contributed by atoms with Crippen molar-refractivity contribution in [2.45, 2.75) is 13.5 Å². The molecule has 0 spiro atoms. The zero-order valence-electron chi connectivity index (χ0n) is 16.3. The molecule has 0 bridgehead atoms. The molecular formula is C20H17N5O5S. The Hall–Kier alpha value is -3.99. The van der Waals surface area contributed by atoms with Crippen molar-refractivity contribution in [1.29, 1.82) is 0 Å². The molecule has 1 aromatic carbocycles. The zero-order chi connectivity index (χ0) is 22.0. The predicted octanol–water partition coefficient (Wildman–Crippen LogP) is 3.09. The van der Waals surface area contributed by atoms with Crippen LogP contribution >= 0.6 is 12.2 Å². The van der Waals surface area contributed by atoms with Gasteiger partial charge in [0, 0.05) is 6.08 Å². The molecule has 1 saturated heterocycles. The maximum atomic E-state index is 12.9. The molecule has 11 heteroatoms. The highest BCUT2D eigenvalue weighted by molar-refractivity contribution is 7.80. The maximum absolute atomic E-state index is 12.9. The smallest absolute Gasteiger partial charge is 0.307 e. The van der Waals surface area contributed by atoms with Crippen molar-refractivity contribution in [3.63, 3.8) is 0 Å². The number of nitro groups is 1. The molecule has 1 amide bonds. The van der Waals surface area contributed by atoms with Crippen LogP contribution in [0.3, 0.4) is 0 Å². The van der Waals surface area contributed by atoms with E-state index in [0.717, 1.165) is 0 Å². The number of thiocarbonyl (C=S) groups is 1. The van der Waals surface area contributed by atoms with E-state index in [4.69, 9.17) is 21.4 Å². The molecule has 0 radical (unpaired) electrons. The maximum Gasteiger partial charge on any atom is 0.307 e. The minimum atomic E-state index is -0.516. The third-order valence-corrected chi connectivity index (χ3v) is 4.69. The summed E-state index contributed by atoms with van der Waals surface area (Å²) in [6.45, 7) is 2.67. The molecule has 0 unspecified atom stereocenters. The van der Waals surface area contributed by atoms with E-state index in [1.807, 2.05) is 6.92 Å². The number of carbonyl (C=O) groups is 1. The van der Waals surface area contributed by atoms with Gasteiger partial charge in [-0.2, -0.15) is 5.10 Å². The number of hydrogen-bond donors (Lipinski definition) is 1. The number of nitrogens with one attached hydrogen (secondary N) is 1. The van der Waals surface area contributed by atoms with Crippen LogP contribution in [-0.2, 0) is 11.3 Å². The summed E-state index contributed by atoms with van der Waals surface area (Å²) in [5.41, 5.74) is 0.793. The number of hydrogen-bond acceptors (Lipinski definition) is 7. The van der Waals surface area contributed by atoms with Gasteiger partial charge in [0.05, 0.1) is 23.8 Å². The highest BCUT2D eigenvalue weighted by atomic mass is 32.1. The van der Waals surface area contributed by atoms with Gasteiger partial charge >= 0.3 is 5.69 Å². The fourth-order valence-corrected chi connectivity index (χ4v) is 3.32. The van der Waals surface area contributed by atoms with Crippen LogP contribution in [0, 0.1) is 10.1 Å². The van der Waals surface area contributed by atoms with Crippen molar-refractivity contribution in [3.8, 4) is 5.75 Å². The molecule has 10 nitrogen and oxygen atoms in total. The Labute approximate surface area is 181 Å². The molecule has 2 aromatic heterocycles. The van der Waals surface area contributed by atoms with Gasteiger partial charge < -0.3 is 14.5 Å². The summed E-state index contributed by atoms with van der Waals surface area (Å²) in [4.78, 5) is 24.5. The van der Waals surface area contributed by atoms with Crippen LogP contribution in [-0.4, -0.2) is 32.3 Å². The SMILES string of the molecule is CCOc1ccc(N2C(=O)/C(=C\c3ccc(Cn4cc([N+](=O)[O-])cn4)o3)NC2=S)cc1. The molecule has 0 atom stereocenters. The number of nitrogens with zero attached hydrogens (tertiary/aromatic N) is 4. The number of benzene rings is 1. The fourth-order valence-electron chi connectivity index (χ4n) is 3.02.